The molecule has 0 aromatic rings. The smallest absolute Gasteiger partial charge is 0.150 e. The molecule has 136 valence electrons. The van der Waals surface area contributed by atoms with E-state index in [0.29, 0.717) is 5.78 Å². The van der Waals surface area contributed by atoms with Crippen LogP contribution < -0.4 is 0 Å². The predicted molar refractivity (Wildman–Crippen MR) is 97.2 cm³/mol. The van der Waals surface area contributed by atoms with Crippen LogP contribution in [-0.4, -0.2) is 79.9 Å². The van der Waals surface area contributed by atoms with Gasteiger partial charge in [0.15, 0.2) is 0 Å². The number of nitrogens with zero attached hydrogens (tertiary/aromatic N) is 3. The molecule has 4 nitrogen and oxygen atoms in total. The maximum atomic E-state index is 13.6. The zero-order valence-corrected chi connectivity index (χ0v) is 15.6. The van der Waals surface area contributed by atoms with Crippen molar-refractivity contribution in [2.75, 3.05) is 59.4 Å². The third-order valence-electron chi connectivity index (χ3n) is 7.14. The minimum Gasteiger partial charge on any atom is -0.304 e. The molecule has 3 saturated heterocycles. The fraction of sp³-hybridized carbons (Fsp3) is 0.950. The molecule has 3 heterocycles. The van der Waals surface area contributed by atoms with Crippen LogP contribution in [0.4, 0.5) is 0 Å². The molecule has 2 bridgehead atoms. The van der Waals surface area contributed by atoms with E-state index in [0.717, 1.165) is 39.0 Å². The van der Waals surface area contributed by atoms with E-state index in [1.54, 1.807) is 0 Å². The van der Waals surface area contributed by atoms with Gasteiger partial charge in [0.2, 0.25) is 0 Å². The molecule has 0 radical (unpaired) electrons. The molecule has 3 aliphatic heterocycles. The molecule has 2 atom stereocenters. The molecule has 0 aromatic carbocycles. The van der Waals surface area contributed by atoms with E-state index < -0.39 is 0 Å². The number of hydrogen-bond acceptors (Lipinski definition) is 4. The van der Waals surface area contributed by atoms with Gasteiger partial charge in [-0.2, -0.15) is 0 Å². The van der Waals surface area contributed by atoms with E-state index in [1.165, 1.54) is 64.7 Å². The molecule has 0 amide bonds. The highest BCUT2D eigenvalue weighted by Crippen LogP contribution is 2.51. The maximum Gasteiger partial charge on any atom is 0.150 e. The Morgan fingerprint density at radius 3 is 1.58 bits per heavy atom. The van der Waals surface area contributed by atoms with E-state index in [1.807, 2.05) is 0 Å². The second-order valence-electron chi connectivity index (χ2n) is 9.24. The third kappa shape index (κ3) is 3.06. The first-order valence-corrected chi connectivity index (χ1v) is 10.3. The van der Waals surface area contributed by atoms with Gasteiger partial charge in [-0.3, -0.25) is 4.79 Å². The Balaban J connectivity index is 1.50. The van der Waals surface area contributed by atoms with Gasteiger partial charge in [0.1, 0.15) is 5.78 Å². The topological polar surface area (TPSA) is 26.8 Å². The van der Waals surface area contributed by atoms with Crippen molar-refractivity contribution >= 4 is 5.78 Å². The quantitative estimate of drug-likeness (QED) is 0.788. The summed E-state index contributed by atoms with van der Waals surface area (Å²) in [6.07, 6.45) is 10.3. The Bertz CT molecular complexity index is 430. The van der Waals surface area contributed by atoms with Gasteiger partial charge in [-0.1, -0.05) is 12.8 Å². The van der Waals surface area contributed by atoms with Crippen LogP contribution in [0.3, 0.4) is 0 Å². The van der Waals surface area contributed by atoms with Gasteiger partial charge in [0.25, 0.3) is 0 Å². The predicted octanol–water partition coefficient (Wildman–Crippen LogP) is 2.24. The Morgan fingerprint density at radius 2 is 1.17 bits per heavy atom. The minimum atomic E-state index is -0.0693. The van der Waals surface area contributed by atoms with Gasteiger partial charge in [0.05, 0.1) is 10.8 Å². The Labute approximate surface area is 147 Å². The summed E-state index contributed by atoms with van der Waals surface area (Å²) >= 11 is 0. The Kier molecular flexibility index (Phi) is 4.74. The summed E-state index contributed by atoms with van der Waals surface area (Å²) in [7, 11) is 2.24. The normalized spacial score (nSPS) is 39.5. The zero-order chi connectivity index (χ0) is 16.6. The summed E-state index contributed by atoms with van der Waals surface area (Å²) in [4.78, 5) is 21.3. The molecule has 4 fully saturated rings. The van der Waals surface area contributed by atoms with Crippen LogP contribution in [0.2, 0.25) is 0 Å². The van der Waals surface area contributed by atoms with Crippen LogP contribution in [0.15, 0.2) is 0 Å². The average molecular weight is 334 g/mol. The van der Waals surface area contributed by atoms with E-state index in [9.17, 15) is 4.79 Å². The van der Waals surface area contributed by atoms with Crippen molar-refractivity contribution in [2.45, 2.75) is 51.4 Å². The molecule has 4 heteroatoms. The number of carbonyl (C=O) groups excluding carboxylic acids is 1. The summed E-state index contributed by atoms with van der Waals surface area (Å²) in [6, 6.07) is 0. The number of hydrogen-bond donors (Lipinski definition) is 0. The van der Waals surface area contributed by atoms with Crippen LogP contribution in [0.1, 0.15) is 51.4 Å². The molecular formula is C20H35N3O. The first-order chi connectivity index (χ1) is 11.6. The van der Waals surface area contributed by atoms with E-state index in [2.05, 4.69) is 21.7 Å². The first-order valence-electron chi connectivity index (χ1n) is 10.3. The lowest BCUT2D eigenvalue weighted by atomic mass is 9.73. The second-order valence-corrected chi connectivity index (χ2v) is 9.24. The highest BCUT2D eigenvalue weighted by Gasteiger charge is 2.60. The van der Waals surface area contributed by atoms with Crippen molar-refractivity contribution in [3.8, 4) is 0 Å². The molecular weight excluding hydrogens is 298 g/mol. The summed E-state index contributed by atoms with van der Waals surface area (Å²) in [5.74, 6) is 0.629. The van der Waals surface area contributed by atoms with Crippen molar-refractivity contribution in [1.29, 1.82) is 0 Å². The molecule has 0 N–H and O–H groups in total. The van der Waals surface area contributed by atoms with Gasteiger partial charge in [-0.05, 0) is 71.8 Å². The number of carbonyl (C=O) groups is 1. The van der Waals surface area contributed by atoms with Crippen LogP contribution in [0, 0.1) is 10.8 Å². The summed E-state index contributed by atoms with van der Waals surface area (Å²) in [5, 5.41) is 0. The van der Waals surface area contributed by atoms with Crippen molar-refractivity contribution in [2.24, 2.45) is 10.8 Å². The number of likely N-dealkylation sites (tertiary alicyclic amines) is 3. The lowest BCUT2D eigenvalue weighted by molar-refractivity contribution is -0.143. The average Bonchev–Trinajstić information content (AvgIpc) is 2.74. The van der Waals surface area contributed by atoms with Gasteiger partial charge in [-0.15, -0.1) is 0 Å². The molecule has 2 unspecified atom stereocenters. The summed E-state index contributed by atoms with van der Waals surface area (Å²) in [5.41, 5.74) is -0.139. The van der Waals surface area contributed by atoms with Crippen LogP contribution in [0.25, 0.3) is 0 Å². The Morgan fingerprint density at radius 1 is 0.750 bits per heavy atom. The summed E-state index contributed by atoms with van der Waals surface area (Å²) < 4.78 is 0. The fourth-order valence-corrected chi connectivity index (χ4v) is 6.15. The van der Waals surface area contributed by atoms with E-state index in [4.69, 9.17) is 0 Å². The van der Waals surface area contributed by atoms with Crippen molar-refractivity contribution < 1.29 is 4.79 Å². The first kappa shape index (κ1) is 17.0. The fourth-order valence-electron chi connectivity index (χ4n) is 6.15. The van der Waals surface area contributed by atoms with Gasteiger partial charge >= 0.3 is 0 Å². The second kappa shape index (κ2) is 6.69. The highest BCUT2D eigenvalue weighted by molar-refractivity contribution is 5.94. The molecule has 0 aromatic heterocycles. The van der Waals surface area contributed by atoms with Gasteiger partial charge in [-0.25, -0.2) is 0 Å². The lowest BCUT2D eigenvalue weighted by Gasteiger charge is -2.47. The SMILES string of the molecule is CN1CC2(CN3CCCCC3)CCC(CN3CCCCC3)(C1)C2=O. The summed E-state index contributed by atoms with van der Waals surface area (Å²) in [6.45, 7) is 8.86. The van der Waals surface area contributed by atoms with Gasteiger partial charge in [0, 0.05) is 26.2 Å². The van der Waals surface area contributed by atoms with Crippen LogP contribution in [-0.2, 0) is 4.79 Å². The lowest BCUT2D eigenvalue weighted by Crippen LogP contribution is -2.60. The van der Waals surface area contributed by atoms with Gasteiger partial charge < -0.3 is 14.7 Å². The molecule has 4 rings (SSSR count). The zero-order valence-electron chi connectivity index (χ0n) is 15.6. The molecule has 0 spiro atoms. The number of Topliss-reactive ketones (excluding diaryl/α,β-unsaturated/α-hetero) is 1. The number of ketones is 1. The molecule has 24 heavy (non-hydrogen) atoms. The van der Waals surface area contributed by atoms with Crippen molar-refractivity contribution in [3.63, 3.8) is 0 Å². The highest BCUT2D eigenvalue weighted by atomic mass is 16.1. The largest absolute Gasteiger partial charge is 0.304 e. The maximum absolute atomic E-state index is 13.6. The number of rotatable bonds is 4. The third-order valence-corrected chi connectivity index (χ3v) is 7.14. The van der Waals surface area contributed by atoms with E-state index in [-0.39, 0.29) is 10.8 Å². The minimum absolute atomic E-state index is 0.0693. The molecule has 1 saturated carbocycles. The number of fused-ring (bicyclic) bond motifs is 2. The monoisotopic (exact) mass is 333 g/mol. The number of piperidine rings is 3. The molecule has 4 aliphatic rings. The van der Waals surface area contributed by atoms with Crippen LogP contribution >= 0.6 is 0 Å². The van der Waals surface area contributed by atoms with Crippen molar-refractivity contribution in [1.82, 2.24) is 14.7 Å². The molecule has 1 aliphatic carbocycles. The van der Waals surface area contributed by atoms with E-state index >= 15 is 0 Å². The standard InChI is InChI=1S/C20H35N3O/c1-21-14-19(16-22-10-4-2-5-11-22)8-9-20(15-21,18(19)24)17-23-12-6-3-7-13-23/h2-17H2,1H3. The van der Waals surface area contributed by atoms with Crippen LogP contribution in [0.5, 0.6) is 0 Å². The Hall–Kier alpha value is -0.450. The van der Waals surface area contributed by atoms with Crippen molar-refractivity contribution in [3.05, 3.63) is 0 Å².